The third kappa shape index (κ3) is 5.53. The van der Waals surface area contributed by atoms with Crippen LogP contribution in [0.1, 0.15) is 23.0 Å². The van der Waals surface area contributed by atoms with Crippen molar-refractivity contribution < 1.29 is 32.6 Å². The molecule has 32 heavy (non-hydrogen) atoms. The molecule has 2 heterocycles. The maximum atomic E-state index is 14.7. The quantitative estimate of drug-likeness (QED) is 0.457. The Kier molecular flexibility index (Phi) is 8.16. The number of thioether (sulfide) groups is 1. The number of benzene rings is 1. The van der Waals surface area contributed by atoms with Gasteiger partial charge in [0.05, 0.1) is 12.4 Å². The van der Waals surface area contributed by atoms with E-state index >= 15 is 0 Å². The number of carbonyl (C=O) groups is 2. The van der Waals surface area contributed by atoms with E-state index in [1.807, 2.05) is 6.26 Å². The molecule has 1 aliphatic rings. The van der Waals surface area contributed by atoms with Crippen LogP contribution in [0.15, 0.2) is 40.6 Å². The van der Waals surface area contributed by atoms with Gasteiger partial charge in [0, 0.05) is 11.3 Å². The fourth-order valence-electron chi connectivity index (χ4n) is 2.79. The first-order valence-corrected chi connectivity index (χ1v) is 10.2. The molecule has 0 saturated carbocycles. The maximum absolute atomic E-state index is 14.7. The van der Waals surface area contributed by atoms with E-state index < -0.39 is 35.4 Å². The Balaban J connectivity index is 0.00000114. The summed E-state index contributed by atoms with van der Waals surface area (Å²) in [4.78, 5) is 32.6. The van der Waals surface area contributed by atoms with E-state index in [0.717, 1.165) is 19.1 Å². The highest BCUT2D eigenvalue weighted by Crippen LogP contribution is 2.44. The number of hydrogen-bond acceptors (Lipinski definition) is 8. The van der Waals surface area contributed by atoms with Crippen LogP contribution in [0.5, 0.6) is 0 Å². The standard InChI is InChI=1S/C18H18F3N5O2S.CH2O2/c1-17(18(20,21)9-28-8-14(22)26-17)11-5-10(3-4-12(11)19)25-16(27)13-6-24-15(29-2)7-23-13;2-1-3/h3-7H,8-9H2,1-2H3,(H2,22,26)(H,25,27);1H,(H,2,3). The van der Waals surface area contributed by atoms with Crippen molar-refractivity contribution in [1.82, 2.24) is 9.97 Å². The first kappa shape index (κ1) is 25.1. The molecule has 9 nitrogen and oxygen atoms in total. The molecule has 172 valence electrons. The third-order valence-electron chi connectivity index (χ3n) is 4.43. The van der Waals surface area contributed by atoms with Gasteiger partial charge in [-0.05, 0) is 31.4 Å². The number of nitrogens with two attached hydrogens (primary N) is 1. The van der Waals surface area contributed by atoms with Gasteiger partial charge in [0.1, 0.15) is 35.6 Å². The van der Waals surface area contributed by atoms with Crippen molar-refractivity contribution >= 4 is 35.7 Å². The number of nitrogens with zero attached hydrogens (tertiary/aromatic N) is 3. The highest BCUT2D eigenvalue weighted by molar-refractivity contribution is 7.98. The van der Waals surface area contributed by atoms with Crippen molar-refractivity contribution in [2.45, 2.75) is 23.4 Å². The predicted molar refractivity (Wildman–Crippen MR) is 112 cm³/mol. The van der Waals surface area contributed by atoms with Crippen molar-refractivity contribution in [1.29, 1.82) is 0 Å². The number of carboxylic acid groups (broad SMARTS) is 1. The van der Waals surface area contributed by atoms with Gasteiger partial charge in [-0.25, -0.2) is 23.1 Å². The molecule has 0 saturated heterocycles. The number of nitrogens with one attached hydrogen (secondary N) is 1. The Morgan fingerprint density at radius 1 is 1.34 bits per heavy atom. The topological polar surface area (TPSA) is 140 Å². The predicted octanol–water partition coefficient (Wildman–Crippen LogP) is 2.53. The van der Waals surface area contributed by atoms with E-state index in [2.05, 4.69) is 20.3 Å². The van der Waals surface area contributed by atoms with Crippen LogP contribution in [0.3, 0.4) is 0 Å². The van der Waals surface area contributed by atoms with Crippen LogP contribution in [0.25, 0.3) is 0 Å². The van der Waals surface area contributed by atoms with Crippen LogP contribution in [0, 0.1) is 5.82 Å². The number of carbonyl (C=O) groups excluding carboxylic acids is 1. The summed E-state index contributed by atoms with van der Waals surface area (Å²) in [5.74, 6) is -5.24. The Bertz CT molecular complexity index is 1010. The van der Waals surface area contributed by atoms with Crippen molar-refractivity contribution in [2.24, 2.45) is 10.7 Å². The van der Waals surface area contributed by atoms with E-state index in [-0.39, 0.29) is 30.3 Å². The molecule has 0 fully saturated rings. The van der Waals surface area contributed by atoms with Gasteiger partial charge in [-0.3, -0.25) is 14.6 Å². The number of anilines is 1. The highest BCUT2D eigenvalue weighted by atomic mass is 32.2. The Morgan fingerprint density at radius 2 is 2.03 bits per heavy atom. The van der Waals surface area contributed by atoms with Crippen molar-refractivity contribution in [3.05, 3.63) is 47.7 Å². The molecule has 0 aliphatic carbocycles. The minimum atomic E-state index is -3.53. The summed E-state index contributed by atoms with van der Waals surface area (Å²) in [5.41, 5.74) is 3.01. The Hall–Kier alpha value is -3.19. The Labute approximate surface area is 185 Å². The minimum Gasteiger partial charge on any atom is -0.483 e. The molecule has 4 N–H and O–H groups in total. The molecular weight excluding hydrogens is 451 g/mol. The van der Waals surface area contributed by atoms with E-state index in [9.17, 15) is 18.0 Å². The Morgan fingerprint density at radius 3 is 2.62 bits per heavy atom. The molecule has 1 atom stereocenters. The van der Waals surface area contributed by atoms with Crippen LogP contribution >= 0.6 is 11.8 Å². The molecule has 0 bridgehead atoms. The molecule has 2 aromatic rings. The molecule has 1 aromatic carbocycles. The highest BCUT2D eigenvalue weighted by Gasteiger charge is 2.54. The lowest BCUT2D eigenvalue weighted by Crippen LogP contribution is -2.45. The summed E-state index contributed by atoms with van der Waals surface area (Å²) in [6, 6.07) is 3.33. The monoisotopic (exact) mass is 471 g/mol. The van der Waals surface area contributed by atoms with Crippen LogP contribution < -0.4 is 11.1 Å². The van der Waals surface area contributed by atoms with E-state index in [0.29, 0.717) is 5.03 Å². The fourth-order valence-corrected chi connectivity index (χ4v) is 3.11. The molecule has 0 radical (unpaired) electrons. The number of hydrogen-bond donors (Lipinski definition) is 3. The maximum Gasteiger partial charge on any atom is 0.299 e. The number of aromatic nitrogens is 2. The van der Waals surface area contributed by atoms with Gasteiger partial charge in [0.25, 0.3) is 18.3 Å². The number of amides is 1. The summed E-state index contributed by atoms with van der Waals surface area (Å²) in [6.07, 6.45) is 4.53. The molecule has 1 aliphatic heterocycles. The molecule has 13 heteroatoms. The summed E-state index contributed by atoms with van der Waals surface area (Å²) < 4.78 is 48.8. The first-order chi connectivity index (χ1) is 15.1. The second kappa shape index (κ2) is 10.4. The zero-order valence-electron chi connectivity index (χ0n) is 17.0. The number of ether oxygens (including phenoxy) is 1. The van der Waals surface area contributed by atoms with Crippen LogP contribution in [-0.2, 0) is 15.1 Å². The first-order valence-electron chi connectivity index (χ1n) is 8.93. The summed E-state index contributed by atoms with van der Waals surface area (Å²) in [6.45, 7) is -0.430. The zero-order chi connectivity index (χ0) is 23.9. The third-order valence-corrected chi connectivity index (χ3v) is 5.06. The summed E-state index contributed by atoms with van der Waals surface area (Å²) in [7, 11) is 0. The lowest BCUT2D eigenvalue weighted by Gasteiger charge is -2.33. The van der Waals surface area contributed by atoms with Gasteiger partial charge < -0.3 is 20.9 Å². The minimum absolute atomic E-state index is 0.0235. The number of halogens is 3. The van der Waals surface area contributed by atoms with E-state index in [1.54, 1.807) is 0 Å². The number of rotatable bonds is 4. The van der Waals surface area contributed by atoms with Gasteiger partial charge in [-0.15, -0.1) is 11.8 Å². The number of amidine groups is 1. The van der Waals surface area contributed by atoms with Crippen LogP contribution in [0.2, 0.25) is 0 Å². The van der Waals surface area contributed by atoms with Crippen LogP contribution in [-0.4, -0.2) is 58.7 Å². The van der Waals surface area contributed by atoms with Crippen LogP contribution in [0.4, 0.5) is 18.9 Å². The van der Waals surface area contributed by atoms with Crippen molar-refractivity contribution in [3.8, 4) is 0 Å². The summed E-state index contributed by atoms with van der Waals surface area (Å²) in [5, 5.41) is 10.0. The van der Waals surface area contributed by atoms with Gasteiger partial charge in [0.2, 0.25) is 0 Å². The molecule has 1 aromatic heterocycles. The number of alkyl halides is 2. The van der Waals surface area contributed by atoms with Gasteiger partial charge in [-0.2, -0.15) is 0 Å². The average Bonchev–Trinajstić information content (AvgIpc) is 2.85. The van der Waals surface area contributed by atoms with Crippen molar-refractivity contribution in [2.75, 3.05) is 24.8 Å². The molecular formula is C19H20F3N5O4S. The largest absolute Gasteiger partial charge is 0.483 e. The SMILES string of the molecule is CSc1cnc(C(=O)Nc2ccc(F)c(C3(C)N=C(N)COCC3(F)F)c2)cn1.O=CO. The smallest absolute Gasteiger partial charge is 0.299 e. The van der Waals surface area contributed by atoms with Gasteiger partial charge in [-0.1, -0.05) is 0 Å². The molecule has 1 unspecified atom stereocenters. The normalized spacial score (nSPS) is 19.6. The van der Waals surface area contributed by atoms with E-state index in [4.69, 9.17) is 20.4 Å². The average molecular weight is 471 g/mol. The molecule has 0 spiro atoms. The van der Waals surface area contributed by atoms with Gasteiger partial charge >= 0.3 is 0 Å². The second-order valence-corrected chi connectivity index (χ2v) is 7.40. The van der Waals surface area contributed by atoms with E-state index in [1.165, 1.54) is 30.2 Å². The molecule has 1 amide bonds. The summed E-state index contributed by atoms with van der Waals surface area (Å²) >= 11 is 1.36. The molecule has 3 rings (SSSR count). The lowest BCUT2D eigenvalue weighted by molar-refractivity contribution is -0.122. The number of aliphatic imine (C=N–C) groups is 1. The lowest BCUT2D eigenvalue weighted by atomic mass is 9.85. The fraction of sp³-hybridized carbons (Fsp3) is 0.316. The second-order valence-electron chi connectivity index (χ2n) is 6.57. The van der Waals surface area contributed by atoms with Gasteiger partial charge in [0.15, 0.2) is 5.54 Å². The zero-order valence-corrected chi connectivity index (χ0v) is 17.8. The van der Waals surface area contributed by atoms with Crippen molar-refractivity contribution in [3.63, 3.8) is 0 Å².